The van der Waals surface area contributed by atoms with Crippen molar-refractivity contribution < 1.29 is 0 Å². The van der Waals surface area contributed by atoms with Crippen molar-refractivity contribution in [3.8, 4) is 0 Å². The van der Waals surface area contributed by atoms with E-state index in [9.17, 15) is 0 Å². The Hall–Kier alpha value is -1.08. The zero-order valence-corrected chi connectivity index (χ0v) is 10.3. The molecule has 1 aromatic heterocycles. The van der Waals surface area contributed by atoms with Crippen LogP contribution in [0.15, 0.2) is 32.7 Å². The molecule has 0 unspecified atom stereocenters. The third-order valence-electron chi connectivity index (χ3n) is 1.75. The summed E-state index contributed by atoms with van der Waals surface area (Å²) in [5, 5.41) is 11.9. The van der Waals surface area contributed by atoms with E-state index in [4.69, 9.17) is 5.73 Å². The Labute approximate surface area is 99.2 Å². The molecule has 2 N–H and O–H groups in total. The number of nitrogen functional groups attached to an aromatic ring is 1. The Morgan fingerprint density at radius 2 is 2.27 bits per heavy atom. The molecular formula is C8H8BrN5S. The molecule has 0 amide bonds. The minimum atomic E-state index is 0.706. The number of rotatable bonds is 2. The minimum Gasteiger partial charge on any atom is -0.398 e. The maximum atomic E-state index is 5.86. The highest BCUT2D eigenvalue weighted by atomic mass is 79.9. The van der Waals surface area contributed by atoms with E-state index in [2.05, 4.69) is 31.5 Å². The molecule has 0 aliphatic rings. The predicted molar refractivity (Wildman–Crippen MR) is 61.5 cm³/mol. The average molecular weight is 286 g/mol. The third kappa shape index (κ3) is 2.29. The van der Waals surface area contributed by atoms with E-state index in [1.54, 1.807) is 11.7 Å². The van der Waals surface area contributed by atoms with E-state index in [1.165, 1.54) is 11.8 Å². The summed E-state index contributed by atoms with van der Waals surface area (Å²) in [4.78, 5) is 0.941. The number of aromatic nitrogens is 4. The average Bonchev–Trinajstić information content (AvgIpc) is 2.57. The Kier molecular flexibility index (Phi) is 2.92. The molecule has 2 rings (SSSR count). The third-order valence-corrected chi connectivity index (χ3v) is 3.37. The number of hydrogen-bond acceptors (Lipinski definition) is 5. The van der Waals surface area contributed by atoms with E-state index >= 15 is 0 Å². The maximum Gasteiger partial charge on any atom is 0.213 e. The monoisotopic (exact) mass is 285 g/mol. The van der Waals surface area contributed by atoms with Gasteiger partial charge in [-0.05, 0) is 40.4 Å². The summed E-state index contributed by atoms with van der Waals surface area (Å²) in [6.45, 7) is 0. The number of benzene rings is 1. The molecule has 0 aliphatic heterocycles. The van der Waals surface area contributed by atoms with Gasteiger partial charge in [0.05, 0.1) is 0 Å². The van der Waals surface area contributed by atoms with Crippen molar-refractivity contribution in [2.24, 2.45) is 7.05 Å². The van der Waals surface area contributed by atoms with E-state index in [0.717, 1.165) is 9.37 Å². The Bertz CT molecular complexity index is 484. The highest BCUT2D eigenvalue weighted by Gasteiger charge is 2.07. The first kappa shape index (κ1) is 10.4. The van der Waals surface area contributed by atoms with Crippen molar-refractivity contribution in [1.29, 1.82) is 0 Å². The number of anilines is 1. The van der Waals surface area contributed by atoms with Crippen LogP contribution in [0.1, 0.15) is 0 Å². The lowest BCUT2D eigenvalue weighted by Gasteiger charge is -2.03. The molecule has 0 spiro atoms. The highest BCUT2D eigenvalue weighted by Crippen LogP contribution is 2.31. The summed E-state index contributed by atoms with van der Waals surface area (Å²) in [6.07, 6.45) is 0. The molecule has 0 saturated heterocycles. The number of nitrogens with zero attached hydrogens (tertiary/aromatic N) is 4. The van der Waals surface area contributed by atoms with Crippen molar-refractivity contribution in [3.63, 3.8) is 0 Å². The number of aryl methyl sites for hydroxylation is 1. The van der Waals surface area contributed by atoms with Crippen molar-refractivity contribution in [2.45, 2.75) is 10.1 Å². The first-order valence-corrected chi connectivity index (χ1v) is 5.73. The van der Waals surface area contributed by atoms with Gasteiger partial charge in [-0.3, -0.25) is 0 Å². The second kappa shape index (κ2) is 4.19. The van der Waals surface area contributed by atoms with Crippen LogP contribution in [0.25, 0.3) is 0 Å². The SMILES string of the molecule is Cn1nnnc1Sc1ccc(Br)cc1N. The van der Waals surface area contributed by atoms with Crippen molar-refractivity contribution in [3.05, 3.63) is 22.7 Å². The Morgan fingerprint density at radius 1 is 1.47 bits per heavy atom. The molecule has 15 heavy (non-hydrogen) atoms. The van der Waals surface area contributed by atoms with Crippen LogP contribution in [0, 0.1) is 0 Å². The molecule has 0 radical (unpaired) electrons. The van der Waals surface area contributed by atoms with Gasteiger partial charge in [-0.1, -0.05) is 15.9 Å². The van der Waals surface area contributed by atoms with Crippen molar-refractivity contribution >= 4 is 33.4 Å². The molecular weight excluding hydrogens is 278 g/mol. The van der Waals surface area contributed by atoms with Gasteiger partial charge in [0, 0.05) is 22.1 Å². The normalized spacial score (nSPS) is 10.5. The summed E-state index contributed by atoms with van der Waals surface area (Å²) in [5.74, 6) is 0. The first-order valence-electron chi connectivity index (χ1n) is 4.12. The number of nitrogens with two attached hydrogens (primary N) is 1. The smallest absolute Gasteiger partial charge is 0.213 e. The molecule has 2 aromatic rings. The lowest BCUT2D eigenvalue weighted by molar-refractivity contribution is 0.664. The van der Waals surface area contributed by atoms with Gasteiger partial charge in [0.2, 0.25) is 5.16 Å². The van der Waals surface area contributed by atoms with Crippen LogP contribution in [-0.4, -0.2) is 20.2 Å². The lowest BCUT2D eigenvalue weighted by atomic mass is 10.3. The fourth-order valence-corrected chi connectivity index (χ4v) is 2.15. The number of halogens is 1. The van der Waals surface area contributed by atoms with E-state index < -0.39 is 0 Å². The number of tetrazole rings is 1. The quantitative estimate of drug-likeness (QED) is 0.851. The molecule has 5 nitrogen and oxygen atoms in total. The molecule has 0 bridgehead atoms. The molecule has 0 saturated carbocycles. The lowest BCUT2D eigenvalue weighted by Crippen LogP contribution is -1.94. The fraction of sp³-hybridized carbons (Fsp3) is 0.125. The largest absolute Gasteiger partial charge is 0.398 e. The molecule has 0 atom stereocenters. The van der Waals surface area contributed by atoms with Crippen LogP contribution in [0.2, 0.25) is 0 Å². The van der Waals surface area contributed by atoms with Gasteiger partial charge in [-0.15, -0.1) is 5.10 Å². The van der Waals surface area contributed by atoms with Gasteiger partial charge in [0.1, 0.15) is 0 Å². The zero-order chi connectivity index (χ0) is 10.8. The topological polar surface area (TPSA) is 69.6 Å². The van der Waals surface area contributed by atoms with E-state index in [0.29, 0.717) is 10.8 Å². The predicted octanol–water partition coefficient (Wildman–Crippen LogP) is 1.71. The maximum absolute atomic E-state index is 5.86. The van der Waals surface area contributed by atoms with Gasteiger partial charge in [-0.25, -0.2) is 4.68 Å². The number of hydrogen-bond donors (Lipinski definition) is 1. The van der Waals surface area contributed by atoms with E-state index in [-0.39, 0.29) is 0 Å². The summed E-state index contributed by atoms with van der Waals surface area (Å²) in [7, 11) is 1.79. The summed E-state index contributed by atoms with van der Waals surface area (Å²) < 4.78 is 2.56. The standard InChI is InChI=1S/C8H8BrN5S/c1-14-8(11-12-13-14)15-7-3-2-5(9)4-6(7)10/h2-4H,10H2,1H3. The van der Waals surface area contributed by atoms with Crippen LogP contribution in [-0.2, 0) is 7.05 Å². The van der Waals surface area contributed by atoms with Gasteiger partial charge in [-0.2, -0.15) is 0 Å². The Balaban J connectivity index is 2.29. The molecule has 0 aliphatic carbocycles. The molecule has 1 heterocycles. The first-order chi connectivity index (χ1) is 7.16. The van der Waals surface area contributed by atoms with Crippen LogP contribution >= 0.6 is 27.7 Å². The van der Waals surface area contributed by atoms with E-state index in [1.807, 2.05) is 18.2 Å². The molecule has 7 heteroatoms. The summed E-state index contributed by atoms with van der Waals surface area (Å²) >= 11 is 4.79. The summed E-state index contributed by atoms with van der Waals surface area (Å²) in [6, 6.07) is 5.72. The second-order valence-corrected chi connectivity index (χ2v) is 4.79. The molecule has 78 valence electrons. The van der Waals surface area contributed by atoms with Gasteiger partial charge in [0.15, 0.2) is 0 Å². The fourth-order valence-electron chi connectivity index (χ4n) is 1.02. The minimum absolute atomic E-state index is 0.706. The van der Waals surface area contributed by atoms with Crippen molar-refractivity contribution in [1.82, 2.24) is 20.2 Å². The highest BCUT2D eigenvalue weighted by molar-refractivity contribution is 9.10. The van der Waals surface area contributed by atoms with Crippen LogP contribution < -0.4 is 5.73 Å². The van der Waals surface area contributed by atoms with Gasteiger partial charge in [0.25, 0.3) is 0 Å². The zero-order valence-electron chi connectivity index (χ0n) is 7.88. The molecule has 1 aromatic carbocycles. The van der Waals surface area contributed by atoms with Gasteiger partial charge >= 0.3 is 0 Å². The van der Waals surface area contributed by atoms with Gasteiger partial charge < -0.3 is 5.73 Å². The van der Waals surface area contributed by atoms with Crippen molar-refractivity contribution in [2.75, 3.05) is 5.73 Å². The molecule has 0 fully saturated rings. The van der Waals surface area contributed by atoms with Crippen LogP contribution in [0.5, 0.6) is 0 Å². The van der Waals surface area contributed by atoms with Crippen LogP contribution in [0.3, 0.4) is 0 Å². The Morgan fingerprint density at radius 3 is 2.87 bits per heavy atom. The summed E-state index contributed by atoms with van der Waals surface area (Å²) in [5.41, 5.74) is 6.57. The second-order valence-electron chi connectivity index (χ2n) is 2.87. The van der Waals surface area contributed by atoms with Crippen LogP contribution in [0.4, 0.5) is 5.69 Å².